The molecule has 0 bridgehead atoms. The number of nitrogens with one attached hydrogen (secondary N) is 1. The summed E-state index contributed by atoms with van der Waals surface area (Å²) in [5.74, 6) is -2.01. The van der Waals surface area contributed by atoms with E-state index >= 15 is 0 Å². The number of rotatable bonds is 4. The van der Waals surface area contributed by atoms with Crippen LogP contribution in [0, 0.1) is 11.6 Å². The zero-order valence-electron chi connectivity index (χ0n) is 13.8. The third-order valence-electron chi connectivity index (χ3n) is 3.99. The van der Waals surface area contributed by atoms with Crippen LogP contribution in [0.3, 0.4) is 0 Å². The largest absolute Gasteiger partial charge is 0.306 e. The zero-order chi connectivity index (χ0) is 19.0. The Labute approximate surface area is 154 Å². The van der Waals surface area contributed by atoms with E-state index < -0.39 is 26.6 Å². The van der Waals surface area contributed by atoms with Crippen LogP contribution in [0.2, 0.25) is 0 Å². The van der Waals surface area contributed by atoms with Crippen LogP contribution in [0.25, 0.3) is 16.9 Å². The average molecular weight is 385 g/mol. The molecule has 0 unspecified atom stereocenters. The number of benzene rings is 2. The van der Waals surface area contributed by atoms with Crippen molar-refractivity contribution in [1.82, 2.24) is 9.38 Å². The second kappa shape index (κ2) is 6.48. The minimum Gasteiger partial charge on any atom is -0.306 e. The van der Waals surface area contributed by atoms with Gasteiger partial charge in [0.15, 0.2) is 0 Å². The smallest absolute Gasteiger partial charge is 0.264 e. The molecule has 0 amide bonds. The molecule has 1 N–H and O–H groups in total. The molecule has 5 nitrogen and oxygen atoms in total. The van der Waals surface area contributed by atoms with Gasteiger partial charge in [-0.25, -0.2) is 22.2 Å². The van der Waals surface area contributed by atoms with Crippen LogP contribution in [0.4, 0.5) is 14.5 Å². The van der Waals surface area contributed by atoms with E-state index in [0.717, 1.165) is 12.1 Å². The molecule has 0 spiro atoms. The lowest BCUT2D eigenvalue weighted by atomic mass is 10.1. The normalized spacial score (nSPS) is 11.6. The maximum Gasteiger partial charge on any atom is 0.264 e. The highest BCUT2D eigenvalue weighted by Crippen LogP contribution is 2.29. The first kappa shape index (κ1) is 17.2. The molecule has 2 aromatic carbocycles. The van der Waals surface area contributed by atoms with Crippen LogP contribution in [-0.4, -0.2) is 17.8 Å². The van der Waals surface area contributed by atoms with Crippen molar-refractivity contribution in [1.29, 1.82) is 0 Å². The monoisotopic (exact) mass is 385 g/mol. The molecular weight excluding hydrogens is 372 g/mol. The summed E-state index contributed by atoms with van der Waals surface area (Å²) >= 11 is 0. The van der Waals surface area contributed by atoms with Crippen LogP contribution < -0.4 is 4.72 Å². The van der Waals surface area contributed by atoms with E-state index in [0.29, 0.717) is 23.0 Å². The molecule has 0 saturated heterocycles. The van der Waals surface area contributed by atoms with Crippen molar-refractivity contribution in [2.45, 2.75) is 4.90 Å². The van der Waals surface area contributed by atoms with Gasteiger partial charge >= 0.3 is 0 Å². The Morgan fingerprint density at radius 3 is 2.52 bits per heavy atom. The molecule has 0 aliphatic heterocycles. The molecule has 2 aromatic heterocycles. The first-order chi connectivity index (χ1) is 12.9. The summed E-state index contributed by atoms with van der Waals surface area (Å²) in [6.45, 7) is 0. The van der Waals surface area contributed by atoms with Crippen LogP contribution in [0.15, 0.2) is 78.0 Å². The molecule has 0 saturated carbocycles. The van der Waals surface area contributed by atoms with Gasteiger partial charge in [0.25, 0.3) is 10.0 Å². The minimum absolute atomic E-state index is 0.240. The first-order valence-corrected chi connectivity index (χ1v) is 9.43. The van der Waals surface area contributed by atoms with E-state index in [1.54, 1.807) is 34.9 Å². The Balaban J connectivity index is 1.77. The van der Waals surface area contributed by atoms with Gasteiger partial charge in [0, 0.05) is 24.0 Å². The van der Waals surface area contributed by atoms with Crippen molar-refractivity contribution in [2.24, 2.45) is 0 Å². The highest BCUT2D eigenvalue weighted by atomic mass is 32.2. The highest BCUT2D eigenvalue weighted by Gasteiger charge is 2.21. The second-order valence-corrected chi connectivity index (χ2v) is 7.47. The number of para-hydroxylation sites is 1. The van der Waals surface area contributed by atoms with E-state index in [9.17, 15) is 17.2 Å². The Morgan fingerprint density at radius 1 is 0.963 bits per heavy atom. The number of aromatic nitrogens is 2. The molecule has 4 aromatic rings. The fourth-order valence-electron chi connectivity index (χ4n) is 2.75. The van der Waals surface area contributed by atoms with Gasteiger partial charge in [-0.2, -0.15) is 0 Å². The van der Waals surface area contributed by atoms with Crippen LogP contribution in [-0.2, 0) is 10.0 Å². The van der Waals surface area contributed by atoms with Crippen molar-refractivity contribution in [3.8, 4) is 11.3 Å². The highest BCUT2D eigenvalue weighted by molar-refractivity contribution is 7.92. The molecule has 0 aliphatic carbocycles. The predicted molar refractivity (Wildman–Crippen MR) is 97.8 cm³/mol. The summed E-state index contributed by atoms with van der Waals surface area (Å²) in [6.07, 6.45) is 3.59. The Morgan fingerprint density at radius 2 is 1.74 bits per heavy atom. The molecule has 0 atom stereocenters. The first-order valence-electron chi connectivity index (χ1n) is 7.95. The van der Waals surface area contributed by atoms with Crippen LogP contribution in [0.1, 0.15) is 0 Å². The fraction of sp³-hybridized carbons (Fsp3) is 0. The summed E-state index contributed by atoms with van der Waals surface area (Å²) in [5, 5.41) is 0. The summed E-state index contributed by atoms with van der Waals surface area (Å²) < 4.78 is 56.4. The predicted octanol–water partition coefficient (Wildman–Crippen LogP) is 4.08. The molecule has 0 aliphatic rings. The molecular formula is C19H13F2N3O2S. The minimum atomic E-state index is -4.25. The lowest BCUT2D eigenvalue weighted by Crippen LogP contribution is -2.15. The quantitative estimate of drug-likeness (QED) is 0.576. The zero-order valence-corrected chi connectivity index (χ0v) is 14.6. The van der Waals surface area contributed by atoms with Crippen LogP contribution >= 0.6 is 0 Å². The molecule has 136 valence electrons. The molecule has 2 heterocycles. The molecule has 0 fully saturated rings. The molecule has 0 radical (unpaired) electrons. The van der Waals surface area contributed by atoms with Gasteiger partial charge in [0.1, 0.15) is 22.2 Å². The number of hydrogen-bond acceptors (Lipinski definition) is 3. The maximum atomic E-state index is 13.9. The number of fused-ring (bicyclic) bond motifs is 1. The van der Waals surface area contributed by atoms with Crippen molar-refractivity contribution >= 4 is 21.4 Å². The Hall–Kier alpha value is -3.26. The topological polar surface area (TPSA) is 63.5 Å². The van der Waals surface area contributed by atoms with Gasteiger partial charge in [-0.1, -0.05) is 24.3 Å². The van der Waals surface area contributed by atoms with Gasteiger partial charge in [0.05, 0.1) is 11.4 Å². The number of pyridine rings is 1. The van der Waals surface area contributed by atoms with Crippen molar-refractivity contribution in [3.63, 3.8) is 0 Å². The van der Waals surface area contributed by atoms with E-state index in [-0.39, 0.29) is 5.69 Å². The van der Waals surface area contributed by atoms with Crippen molar-refractivity contribution < 1.29 is 17.2 Å². The maximum absolute atomic E-state index is 13.9. The number of nitrogens with zero attached hydrogens (tertiary/aromatic N) is 2. The number of imidazole rings is 1. The Kier molecular flexibility index (Phi) is 4.12. The van der Waals surface area contributed by atoms with Gasteiger partial charge in [0.2, 0.25) is 0 Å². The third-order valence-corrected chi connectivity index (χ3v) is 5.39. The van der Waals surface area contributed by atoms with Crippen molar-refractivity contribution in [3.05, 3.63) is 84.7 Å². The molecule has 27 heavy (non-hydrogen) atoms. The van der Waals surface area contributed by atoms with Gasteiger partial charge in [-0.05, 0) is 30.3 Å². The summed E-state index contributed by atoms with van der Waals surface area (Å²) in [4.78, 5) is 3.85. The number of hydrogen-bond donors (Lipinski definition) is 1. The van der Waals surface area contributed by atoms with E-state index in [4.69, 9.17) is 0 Å². The second-order valence-electron chi connectivity index (χ2n) is 5.82. The van der Waals surface area contributed by atoms with Gasteiger partial charge in [-0.15, -0.1) is 0 Å². The van der Waals surface area contributed by atoms with Crippen LogP contribution in [0.5, 0.6) is 0 Å². The number of anilines is 1. The van der Waals surface area contributed by atoms with E-state index in [1.807, 2.05) is 24.4 Å². The lowest BCUT2D eigenvalue weighted by Gasteiger charge is -2.12. The van der Waals surface area contributed by atoms with Crippen molar-refractivity contribution in [2.75, 3.05) is 4.72 Å². The third kappa shape index (κ3) is 3.26. The lowest BCUT2D eigenvalue weighted by molar-refractivity contribution is 0.551. The van der Waals surface area contributed by atoms with Gasteiger partial charge < -0.3 is 4.40 Å². The summed E-state index contributed by atoms with van der Waals surface area (Å²) in [7, 11) is -4.25. The average Bonchev–Trinajstić information content (AvgIpc) is 3.05. The van der Waals surface area contributed by atoms with Gasteiger partial charge in [-0.3, -0.25) is 4.72 Å². The van der Waals surface area contributed by atoms with E-state index in [1.165, 1.54) is 0 Å². The van der Waals surface area contributed by atoms with E-state index in [2.05, 4.69) is 9.71 Å². The molecule has 4 rings (SSSR count). The summed E-state index contributed by atoms with van der Waals surface area (Å²) in [6, 6.07) is 14.5. The fourth-order valence-corrected chi connectivity index (χ4v) is 3.89. The number of halogens is 2. The Bertz CT molecular complexity index is 1220. The summed E-state index contributed by atoms with van der Waals surface area (Å²) in [5.41, 5.74) is 2.03. The number of sulfonamides is 1. The standard InChI is InChI=1S/C19H13F2N3O2S/c20-13-8-9-18(15(21)11-13)27(25,26)23-16-6-2-1-5-14(16)17-12-24-10-4-3-7-19(24)22-17/h1-12,23H. The molecule has 8 heteroatoms. The SMILES string of the molecule is O=S(=O)(Nc1ccccc1-c1cn2ccccc2n1)c1ccc(F)cc1F.